The summed E-state index contributed by atoms with van der Waals surface area (Å²) >= 11 is 0. The van der Waals surface area contributed by atoms with Gasteiger partial charge in [0.05, 0.1) is 22.9 Å². The predicted molar refractivity (Wildman–Crippen MR) is 111 cm³/mol. The Balaban J connectivity index is 1.60. The van der Waals surface area contributed by atoms with E-state index in [4.69, 9.17) is 0 Å². The van der Waals surface area contributed by atoms with Gasteiger partial charge < -0.3 is 5.32 Å². The summed E-state index contributed by atoms with van der Waals surface area (Å²) in [7, 11) is -0.972. The topological polar surface area (TPSA) is 64.0 Å². The van der Waals surface area contributed by atoms with Crippen LogP contribution in [0.1, 0.15) is 21.6 Å². The number of rotatable bonds is 3. The lowest BCUT2D eigenvalue weighted by molar-refractivity contribution is 0.102. The van der Waals surface area contributed by atoms with Crippen LogP contribution in [-0.4, -0.2) is 19.9 Å². The van der Waals surface area contributed by atoms with Gasteiger partial charge in [-0.1, -0.05) is 54.6 Å². The number of nitrogens with one attached hydrogen (secondary N) is 1. The normalized spacial score (nSPS) is 15.5. The Morgan fingerprint density at radius 3 is 2.54 bits per heavy atom. The van der Waals surface area contributed by atoms with Gasteiger partial charge in [-0.15, -0.1) is 0 Å². The molecule has 28 heavy (non-hydrogen) atoms. The van der Waals surface area contributed by atoms with Crippen molar-refractivity contribution >= 4 is 33.3 Å². The fourth-order valence-electron chi connectivity index (χ4n) is 3.61. The molecule has 1 N–H and O–H groups in total. The molecule has 1 amide bonds. The van der Waals surface area contributed by atoms with Crippen molar-refractivity contribution in [3.05, 3.63) is 89.6 Å². The maximum atomic E-state index is 13.2. The largest absolute Gasteiger partial charge is 0.306 e. The van der Waals surface area contributed by atoms with Crippen molar-refractivity contribution < 1.29 is 9.00 Å². The Morgan fingerprint density at radius 1 is 0.929 bits per heavy atom. The third kappa shape index (κ3) is 2.82. The number of carbonyl (C=O) groups excluding carboxylic acids is 1. The first-order valence-electron chi connectivity index (χ1n) is 9.01. The lowest BCUT2D eigenvalue weighted by Gasteiger charge is -2.12. The minimum atomic E-state index is -0.972. The first-order valence-corrected chi connectivity index (χ1v) is 10.5. The molecule has 3 aromatic carbocycles. The SMILES string of the molecule is O=C(Nc1c2c(nn1-c1ccccc1)C[S@](=O)C2)c1cccc2ccccc12. The number of nitrogens with zero attached hydrogens (tertiary/aromatic N) is 2. The molecule has 0 fully saturated rings. The molecule has 5 rings (SSSR count). The highest BCUT2D eigenvalue weighted by Gasteiger charge is 2.28. The number of hydrogen-bond acceptors (Lipinski definition) is 3. The third-order valence-electron chi connectivity index (χ3n) is 4.94. The summed E-state index contributed by atoms with van der Waals surface area (Å²) < 4.78 is 13.8. The second-order valence-electron chi connectivity index (χ2n) is 6.73. The highest BCUT2D eigenvalue weighted by Crippen LogP contribution is 2.32. The van der Waals surface area contributed by atoms with Gasteiger partial charge in [0.2, 0.25) is 0 Å². The Kier molecular flexibility index (Phi) is 4.06. The van der Waals surface area contributed by atoms with Crippen LogP contribution >= 0.6 is 0 Å². The van der Waals surface area contributed by atoms with Crippen LogP contribution in [0.4, 0.5) is 5.82 Å². The Bertz CT molecular complexity index is 1230. The van der Waals surface area contributed by atoms with E-state index in [2.05, 4.69) is 10.4 Å². The maximum Gasteiger partial charge on any atom is 0.257 e. The van der Waals surface area contributed by atoms with Crippen molar-refractivity contribution in [2.45, 2.75) is 11.5 Å². The zero-order chi connectivity index (χ0) is 19.1. The molecule has 5 nitrogen and oxygen atoms in total. The van der Waals surface area contributed by atoms with Gasteiger partial charge in [0, 0.05) is 21.9 Å². The van der Waals surface area contributed by atoms with Gasteiger partial charge in [-0.05, 0) is 29.0 Å². The van der Waals surface area contributed by atoms with Gasteiger partial charge in [0.15, 0.2) is 0 Å². The van der Waals surface area contributed by atoms with Crippen molar-refractivity contribution in [1.82, 2.24) is 9.78 Å². The Morgan fingerprint density at radius 2 is 1.68 bits per heavy atom. The van der Waals surface area contributed by atoms with E-state index in [0.29, 0.717) is 22.9 Å². The Hall–Kier alpha value is -3.25. The molecule has 0 spiro atoms. The lowest BCUT2D eigenvalue weighted by Crippen LogP contribution is -2.17. The van der Waals surface area contributed by atoms with E-state index in [1.165, 1.54) is 0 Å². The summed E-state index contributed by atoms with van der Waals surface area (Å²) in [5, 5.41) is 9.58. The summed E-state index contributed by atoms with van der Waals surface area (Å²) in [4.78, 5) is 13.2. The summed E-state index contributed by atoms with van der Waals surface area (Å²) in [6.07, 6.45) is 0. The zero-order valence-corrected chi connectivity index (χ0v) is 15.8. The van der Waals surface area contributed by atoms with Gasteiger partial charge in [-0.2, -0.15) is 5.10 Å². The molecule has 4 aromatic rings. The summed E-state index contributed by atoms with van der Waals surface area (Å²) in [5.41, 5.74) is 3.11. The van der Waals surface area contributed by atoms with E-state index in [1.807, 2.05) is 72.8 Å². The van der Waals surface area contributed by atoms with Crippen LogP contribution in [0.5, 0.6) is 0 Å². The first kappa shape index (κ1) is 16.9. The van der Waals surface area contributed by atoms with E-state index < -0.39 is 10.8 Å². The summed E-state index contributed by atoms with van der Waals surface area (Å²) in [5.74, 6) is 1.24. The number of anilines is 1. The molecular weight excluding hydrogens is 370 g/mol. The highest BCUT2D eigenvalue weighted by atomic mass is 32.2. The van der Waals surface area contributed by atoms with Crippen molar-refractivity contribution in [3.8, 4) is 5.69 Å². The molecule has 2 heterocycles. The molecule has 6 heteroatoms. The van der Waals surface area contributed by atoms with Crippen molar-refractivity contribution in [3.63, 3.8) is 0 Å². The molecular formula is C22H17N3O2S. The monoisotopic (exact) mass is 387 g/mol. The minimum Gasteiger partial charge on any atom is -0.306 e. The maximum absolute atomic E-state index is 13.2. The number of benzene rings is 3. The molecule has 0 saturated carbocycles. The number of carbonyl (C=O) groups is 1. The molecule has 0 aliphatic carbocycles. The zero-order valence-electron chi connectivity index (χ0n) is 15.0. The molecule has 1 aliphatic heterocycles. The number of aromatic nitrogens is 2. The van der Waals surface area contributed by atoms with Crippen molar-refractivity contribution in [1.29, 1.82) is 0 Å². The molecule has 0 saturated heterocycles. The predicted octanol–water partition coefficient (Wildman–Crippen LogP) is 4.04. The Labute approximate surface area is 164 Å². The molecule has 0 bridgehead atoms. The van der Waals surface area contributed by atoms with Crippen LogP contribution in [0.2, 0.25) is 0 Å². The van der Waals surface area contributed by atoms with Gasteiger partial charge in [-0.25, -0.2) is 4.68 Å². The van der Waals surface area contributed by atoms with E-state index in [-0.39, 0.29) is 5.91 Å². The number of amides is 1. The van der Waals surface area contributed by atoms with Crippen LogP contribution in [-0.2, 0) is 22.3 Å². The molecule has 1 aromatic heterocycles. The van der Waals surface area contributed by atoms with E-state index in [9.17, 15) is 9.00 Å². The number of fused-ring (bicyclic) bond motifs is 2. The molecule has 1 aliphatic rings. The molecule has 0 unspecified atom stereocenters. The number of hydrogen-bond donors (Lipinski definition) is 1. The van der Waals surface area contributed by atoms with Crippen molar-refractivity contribution in [2.24, 2.45) is 0 Å². The highest BCUT2D eigenvalue weighted by molar-refractivity contribution is 7.83. The van der Waals surface area contributed by atoms with E-state index in [0.717, 1.165) is 27.7 Å². The van der Waals surface area contributed by atoms with Crippen LogP contribution in [0, 0.1) is 0 Å². The van der Waals surface area contributed by atoms with Crippen LogP contribution in [0.25, 0.3) is 16.5 Å². The average molecular weight is 387 g/mol. The first-order chi connectivity index (χ1) is 13.7. The van der Waals surface area contributed by atoms with Crippen LogP contribution in [0.15, 0.2) is 72.8 Å². The molecule has 138 valence electrons. The smallest absolute Gasteiger partial charge is 0.257 e. The molecule has 0 radical (unpaired) electrons. The quantitative estimate of drug-likeness (QED) is 0.577. The van der Waals surface area contributed by atoms with E-state index in [1.54, 1.807) is 4.68 Å². The van der Waals surface area contributed by atoms with E-state index >= 15 is 0 Å². The van der Waals surface area contributed by atoms with Crippen LogP contribution in [0.3, 0.4) is 0 Å². The van der Waals surface area contributed by atoms with Gasteiger partial charge in [0.25, 0.3) is 5.91 Å². The second kappa shape index (κ2) is 6.73. The fraction of sp³-hybridized carbons (Fsp3) is 0.0909. The third-order valence-corrected chi connectivity index (χ3v) is 6.14. The average Bonchev–Trinajstić information content (AvgIpc) is 3.25. The van der Waals surface area contributed by atoms with Crippen LogP contribution < -0.4 is 5.32 Å². The van der Waals surface area contributed by atoms with Gasteiger partial charge >= 0.3 is 0 Å². The fourth-order valence-corrected chi connectivity index (χ4v) is 4.87. The van der Waals surface area contributed by atoms with Gasteiger partial charge in [0.1, 0.15) is 5.82 Å². The standard InChI is InChI=1S/C22H17N3O2S/c26-22(18-12-6-8-15-7-4-5-11-17(15)18)23-21-19-13-28(27)14-20(19)24-25(21)16-9-2-1-3-10-16/h1-12H,13-14H2,(H,23,26)/t28-/m1/s1. The van der Waals surface area contributed by atoms with Crippen molar-refractivity contribution in [2.75, 3.05) is 5.32 Å². The summed E-state index contributed by atoms with van der Waals surface area (Å²) in [6.45, 7) is 0. The molecule has 1 atom stereocenters. The lowest BCUT2D eigenvalue weighted by atomic mass is 10.0. The summed E-state index contributed by atoms with van der Waals surface area (Å²) in [6, 6.07) is 23.2. The second-order valence-corrected chi connectivity index (χ2v) is 8.19. The number of para-hydroxylation sites is 1. The minimum absolute atomic E-state index is 0.200. The van der Waals surface area contributed by atoms with Gasteiger partial charge in [-0.3, -0.25) is 9.00 Å².